The molecule has 1 saturated carbocycles. The fourth-order valence-electron chi connectivity index (χ4n) is 4.01. The maximum Gasteiger partial charge on any atom is 0.158 e. The van der Waals surface area contributed by atoms with Crippen LogP contribution in [0, 0.1) is 23.7 Å². The van der Waals surface area contributed by atoms with Gasteiger partial charge in [0.2, 0.25) is 0 Å². The van der Waals surface area contributed by atoms with Gasteiger partial charge in [-0.25, -0.2) is 0 Å². The van der Waals surface area contributed by atoms with Crippen molar-refractivity contribution in [1.29, 1.82) is 0 Å². The van der Waals surface area contributed by atoms with Crippen LogP contribution in [0.1, 0.15) is 90.9 Å². The molecule has 0 radical (unpaired) electrons. The molecule has 0 spiro atoms. The van der Waals surface area contributed by atoms with Crippen molar-refractivity contribution in [1.82, 2.24) is 0 Å². The molecule has 1 fully saturated rings. The molecule has 4 nitrogen and oxygen atoms in total. The number of carbonyl (C=O) groups is 2. The molecule has 1 unspecified atom stereocenters. The minimum absolute atomic E-state index is 0.0938. The van der Waals surface area contributed by atoms with Gasteiger partial charge in [-0.2, -0.15) is 0 Å². The van der Waals surface area contributed by atoms with Crippen LogP contribution in [0.3, 0.4) is 0 Å². The maximum absolute atomic E-state index is 12.3. The van der Waals surface area contributed by atoms with Crippen LogP contribution in [-0.2, 0) is 9.59 Å². The van der Waals surface area contributed by atoms with E-state index >= 15 is 0 Å². The fraction of sp³-hybridized carbons (Fsp3) is 0.750. The topological polar surface area (TPSA) is 74.6 Å². The summed E-state index contributed by atoms with van der Waals surface area (Å²) in [4.78, 5) is 23.3. The van der Waals surface area contributed by atoms with Crippen LogP contribution >= 0.6 is 0 Å². The van der Waals surface area contributed by atoms with Crippen LogP contribution in [0.5, 0.6) is 0 Å². The molecule has 4 heteroatoms. The van der Waals surface area contributed by atoms with Crippen molar-refractivity contribution in [3.8, 4) is 11.8 Å². The van der Waals surface area contributed by atoms with E-state index in [-0.39, 0.29) is 24.2 Å². The molecule has 0 aromatic rings. The first-order valence-corrected chi connectivity index (χ1v) is 10.9. The Hall–Kier alpha value is -1.44. The Morgan fingerprint density at radius 3 is 2.68 bits per heavy atom. The summed E-state index contributed by atoms with van der Waals surface area (Å²) in [7, 11) is 0. The summed E-state index contributed by atoms with van der Waals surface area (Å²) in [5.74, 6) is 6.43. The largest absolute Gasteiger partial charge is 0.389 e. The average Bonchev–Trinajstić information content (AvgIpc) is 3.02. The van der Waals surface area contributed by atoms with Gasteiger partial charge in [0.15, 0.2) is 5.78 Å². The van der Waals surface area contributed by atoms with Crippen LogP contribution in [0.4, 0.5) is 0 Å². The van der Waals surface area contributed by atoms with E-state index in [1.165, 1.54) is 0 Å². The molecule has 0 aromatic heterocycles. The van der Waals surface area contributed by atoms with Gasteiger partial charge < -0.3 is 10.2 Å². The molecule has 0 saturated heterocycles. The van der Waals surface area contributed by atoms with Gasteiger partial charge >= 0.3 is 0 Å². The third-order valence-electron chi connectivity index (χ3n) is 5.69. The van der Waals surface area contributed by atoms with Crippen molar-refractivity contribution in [2.45, 2.75) is 96.5 Å². The third kappa shape index (κ3) is 9.17. The zero-order valence-electron chi connectivity index (χ0n) is 17.7. The Morgan fingerprint density at radius 2 is 2.00 bits per heavy atom. The Morgan fingerprint density at radius 1 is 1.25 bits per heavy atom. The van der Waals surface area contributed by atoms with Gasteiger partial charge in [0.05, 0.1) is 0 Å². The summed E-state index contributed by atoms with van der Waals surface area (Å²) in [5, 5.41) is 19.4. The van der Waals surface area contributed by atoms with Crippen molar-refractivity contribution in [3.63, 3.8) is 0 Å². The molecule has 0 heterocycles. The highest BCUT2D eigenvalue weighted by Crippen LogP contribution is 2.34. The van der Waals surface area contributed by atoms with Crippen LogP contribution < -0.4 is 0 Å². The standard InChI is InChI=1S/C24H38O4/c1-3-5-17-24(28,16-4-2)18-10-11-20-14-15-23(27)22(20)13-9-7-6-8-12-21(26)19-25/h10-11,20,22,25,28H,3,5-9,12-15,17-19H2,1-2H3/b11-10+/t20-,22+,24?/m0/s1. The zero-order valence-corrected chi connectivity index (χ0v) is 17.7. The number of rotatable bonds is 14. The van der Waals surface area contributed by atoms with Gasteiger partial charge in [-0.1, -0.05) is 50.7 Å². The van der Waals surface area contributed by atoms with Gasteiger partial charge in [0, 0.05) is 25.2 Å². The predicted molar refractivity (Wildman–Crippen MR) is 113 cm³/mol. The Kier molecular flexibility index (Phi) is 12.0. The SMILES string of the molecule is CC#CC(O)(C/C=C/[C@H]1CCC(=O)[C@@H]1CCCCCCC(=O)CO)CCCC. The fourth-order valence-corrected chi connectivity index (χ4v) is 4.01. The molecule has 1 aliphatic carbocycles. The lowest BCUT2D eigenvalue weighted by molar-refractivity contribution is -0.122. The molecule has 2 N–H and O–H groups in total. The lowest BCUT2D eigenvalue weighted by Gasteiger charge is -2.21. The second-order valence-corrected chi connectivity index (χ2v) is 8.07. The maximum atomic E-state index is 12.3. The van der Waals surface area contributed by atoms with E-state index in [0.29, 0.717) is 31.5 Å². The van der Waals surface area contributed by atoms with Crippen molar-refractivity contribution < 1.29 is 19.8 Å². The van der Waals surface area contributed by atoms with Crippen molar-refractivity contribution in [2.75, 3.05) is 6.61 Å². The first kappa shape index (κ1) is 24.6. The Bertz CT molecular complexity index is 569. The normalized spacial score (nSPS) is 21.5. The van der Waals surface area contributed by atoms with Crippen LogP contribution in [0.25, 0.3) is 0 Å². The van der Waals surface area contributed by atoms with Gasteiger partial charge in [-0.05, 0) is 44.9 Å². The quantitative estimate of drug-likeness (QED) is 0.262. The molecular weight excluding hydrogens is 352 g/mol. The van der Waals surface area contributed by atoms with Gasteiger partial charge in [0.1, 0.15) is 18.0 Å². The molecule has 0 amide bonds. The molecule has 3 atom stereocenters. The second kappa shape index (κ2) is 13.7. The summed E-state index contributed by atoms with van der Waals surface area (Å²) in [6, 6.07) is 0. The van der Waals surface area contributed by atoms with Crippen LogP contribution in [0.15, 0.2) is 12.2 Å². The molecule has 1 rings (SSSR count). The Labute approximate surface area is 170 Å². The van der Waals surface area contributed by atoms with Crippen molar-refractivity contribution >= 4 is 11.6 Å². The van der Waals surface area contributed by atoms with E-state index in [1.54, 1.807) is 6.92 Å². The first-order chi connectivity index (χ1) is 13.5. The van der Waals surface area contributed by atoms with E-state index in [9.17, 15) is 14.7 Å². The highest BCUT2D eigenvalue weighted by molar-refractivity contribution is 5.83. The number of carbonyl (C=O) groups excluding carboxylic acids is 2. The summed E-state index contributed by atoms with van der Waals surface area (Å²) in [5.41, 5.74) is -0.953. The minimum atomic E-state index is -0.953. The molecule has 0 bridgehead atoms. The number of aliphatic hydroxyl groups excluding tert-OH is 1. The molecule has 1 aliphatic rings. The second-order valence-electron chi connectivity index (χ2n) is 8.07. The Balaban J connectivity index is 2.44. The molecule has 158 valence electrons. The molecule has 0 aromatic carbocycles. The van der Waals surface area contributed by atoms with Crippen molar-refractivity contribution in [3.05, 3.63) is 12.2 Å². The van der Waals surface area contributed by atoms with Crippen molar-refractivity contribution in [2.24, 2.45) is 11.8 Å². The minimum Gasteiger partial charge on any atom is -0.389 e. The van der Waals surface area contributed by atoms with Gasteiger partial charge in [-0.15, -0.1) is 5.92 Å². The monoisotopic (exact) mass is 390 g/mol. The third-order valence-corrected chi connectivity index (χ3v) is 5.69. The number of hydrogen-bond acceptors (Lipinski definition) is 4. The summed E-state index contributed by atoms with van der Waals surface area (Å²) in [6.45, 7) is 3.50. The first-order valence-electron chi connectivity index (χ1n) is 10.9. The number of aliphatic hydroxyl groups is 2. The lowest BCUT2D eigenvalue weighted by Crippen LogP contribution is -2.25. The molecular formula is C24H38O4. The number of allylic oxidation sites excluding steroid dienone is 1. The summed E-state index contributed by atoms with van der Waals surface area (Å²) >= 11 is 0. The van der Waals surface area contributed by atoms with Gasteiger partial charge in [0.25, 0.3) is 0 Å². The van der Waals surface area contributed by atoms with Gasteiger partial charge in [-0.3, -0.25) is 9.59 Å². The molecule has 28 heavy (non-hydrogen) atoms. The summed E-state index contributed by atoms with van der Waals surface area (Å²) in [6.07, 6.45) is 14.0. The predicted octanol–water partition coefficient (Wildman–Crippen LogP) is 4.37. The van der Waals surface area contributed by atoms with E-state index in [2.05, 4.69) is 24.8 Å². The van der Waals surface area contributed by atoms with E-state index < -0.39 is 5.60 Å². The number of unbranched alkanes of at least 4 members (excludes halogenated alkanes) is 4. The summed E-state index contributed by atoms with van der Waals surface area (Å²) < 4.78 is 0. The smallest absolute Gasteiger partial charge is 0.158 e. The number of Topliss-reactive ketones (excluding diaryl/α,β-unsaturated/α-hetero) is 2. The van der Waals surface area contributed by atoms with E-state index in [1.807, 2.05) is 6.08 Å². The zero-order chi connectivity index (χ0) is 20.8. The van der Waals surface area contributed by atoms with Crippen LogP contribution in [-0.4, -0.2) is 34.0 Å². The lowest BCUT2D eigenvalue weighted by atomic mass is 9.88. The molecule has 0 aliphatic heterocycles. The van der Waals surface area contributed by atoms with Crippen LogP contribution in [0.2, 0.25) is 0 Å². The van der Waals surface area contributed by atoms with E-state index in [0.717, 1.165) is 51.4 Å². The number of hydrogen-bond donors (Lipinski definition) is 2. The highest BCUT2D eigenvalue weighted by atomic mass is 16.3. The number of ketones is 2. The highest BCUT2D eigenvalue weighted by Gasteiger charge is 2.32. The average molecular weight is 391 g/mol. The van der Waals surface area contributed by atoms with E-state index in [4.69, 9.17) is 5.11 Å².